The molecule has 0 saturated heterocycles. The first-order valence-electron chi connectivity index (χ1n) is 6.51. The van der Waals surface area contributed by atoms with Crippen molar-refractivity contribution in [1.82, 2.24) is 9.55 Å². The molecular weight excluding hydrogens is 307 g/mol. The monoisotopic (exact) mass is 315 g/mol. The van der Waals surface area contributed by atoms with Crippen LogP contribution in [0.5, 0.6) is 0 Å². The van der Waals surface area contributed by atoms with Gasteiger partial charge in [0, 0.05) is 5.39 Å². The summed E-state index contributed by atoms with van der Waals surface area (Å²) in [6.45, 7) is 0. The van der Waals surface area contributed by atoms with E-state index in [4.69, 9.17) is 5.26 Å². The van der Waals surface area contributed by atoms with Crippen molar-refractivity contribution in [3.8, 4) is 11.8 Å². The summed E-state index contributed by atoms with van der Waals surface area (Å²) in [6, 6.07) is 13.1. The lowest BCUT2D eigenvalue weighted by Crippen LogP contribution is -2.23. The quantitative estimate of drug-likeness (QED) is 0.692. The Hall–Kier alpha value is -3.14. The first-order valence-corrected chi connectivity index (χ1v) is 6.51. The van der Waals surface area contributed by atoms with E-state index in [2.05, 4.69) is 4.98 Å². The van der Waals surface area contributed by atoms with Gasteiger partial charge in [0.15, 0.2) is 0 Å². The highest BCUT2D eigenvalue weighted by Crippen LogP contribution is 2.29. The van der Waals surface area contributed by atoms with Gasteiger partial charge in [0.05, 0.1) is 5.69 Å². The Morgan fingerprint density at radius 3 is 2.39 bits per heavy atom. The molecule has 23 heavy (non-hydrogen) atoms. The lowest BCUT2D eigenvalue weighted by molar-refractivity contribution is -0.141. The van der Waals surface area contributed by atoms with Crippen LogP contribution in [0, 0.1) is 11.3 Å². The van der Waals surface area contributed by atoms with Crippen molar-refractivity contribution < 1.29 is 13.2 Å². The van der Waals surface area contributed by atoms with Crippen LogP contribution in [0.4, 0.5) is 13.2 Å². The summed E-state index contributed by atoms with van der Waals surface area (Å²) in [6.07, 6.45) is -4.63. The summed E-state index contributed by atoms with van der Waals surface area (Å²) in [5.41, 5.74) is -1.78. The minimum atomic E-state index is -4.63. The maximum Gasteiger partial charge on any atom is 0.433 e. The highest BCUT2D eigenvalue weighted by atomic mass is 19.4. The highest BCUT2D eigenvalue weighted by molar-refractivity contribution is 5.78. The standard InChI is InChI=1S/C16H8F3N3O/c17-16(18,19)13-7-6-10-8-11(9-20)15(23)22(14(10)21-13)12-4-2-1-3-5-12/h1-8H. The number of pyridine rings is 2. The van der Waals surface area contributed by atoms with Crippen LogP contribution in [0.15, 0.2) is 53.3 Å². The number of alkyl halides is 3. The molecule has 0 saturated carbocycles. The lowest BCUT2D eigenvalue weighted by Gasteiger charge is -2.12. The summed E-state index contributed by atoms with van der Waals surface area (Å²) in [4.78, 5) is 16.0. The number of aromatic nitrogens is 2. The maximum atomic E-state index is 12.9. The first-order chi connectivity index (χ1) is 10.9. The molecule has 0 N–H and O–H groups in total. The van der Waals surface area contributed by atoms with E-state index in [0.717, 1.165) is 10.6 Å². The average molecular weight is 315 g/mol. The zero-order valence-corrected chi connectivity index (χ0v) is 11.5. The smallest absolute Gasteiger partial charge is 0.267 e. The summed E-state index contributed by atoms with van der Waals surface area (Å²) in [7, 11) is 0. The van der Waals surface area contributed by atoms with E-state index in [-0.39, 0.29) is 16.6 Å². The molecular formula is C16H8F3N3O. The van der Waals surface area contributed by atoms with Crippen molar-refractivity contribution in [2.45, 2.75) is 6.18 Å². The number of fused-ring (bicyclic) bond motifs is 1. The second-order valence-electron chi connectivity index (χ2n) is 4.75. The van der Waals surface area contributed by atoms with Gasteiger partial charge in [0.25, 0.3) is 5.56 Å². The SMILES string of the molecule is N#Cc1cc2ccc(C(F)(F)F)nc2n(-c2ccccc2)c1=O. The van der Waals surface area contributed by atoms with E-state index in [0.29, 0.717) is 5.69 Å². The molecule has 7 heteroatoms. The number of rotatable bonds is 1. The number of para-hydroxylation sites is 1. The van der Waals surface area contributed by atoms with Gasteiger partial charge in [0.1, 0.15) is 23.0 Å². The van der Waals surface area contributed by atoms with E-state index >= 15 is 0 Å². The van der Waals surface area contributed by atoms with E-state index in [1.165, 1.54) is 12.1 Å². The predicted octanol–water partition coefficient (Wildman–Crippen LogP) is 3.28. The van der Waals surface area contributed by atoms with Crippen molar-refractivity contribution >= 4 is 11.0 Å². The van der Waals surface area contributed by atoms with Gasteiger partial charge >= 0.3 is 6.18 Å². The van der Waals surface area contributed by atoms with Gasteiger partial charge in [-0.05, 0) is 30.3 Å². The summed E-state index contributed by atoms with van der Waals surface area (Å²) in [5, 5.41) is 9.35. The number of nitriles is 1. The van der Waals surface area contributed by atoms with E-state index in [9.17, 15) is 18.0 Å². The van der Waals surface area contributed by atoms with Crippen molar-refractivity contribution in [3.63, 3.8) is 0 Å². The van der Waals surface area contributed by atoms with Crippen LogP contribution in [0.1, 0.15) is 11.3 Å². The molecule has 0 aliphatic rings. The molecule has 114 valence electrons. The van der Waals surface area contributed by atoms with Gasteiger partial charge in [-0.2, -0.15) is 18.4 Å². The van der Waals surface area contributed by atoms with Crippen LogP contribution >= 0.6 is 0 Å². The van der Waals surface area contributed by atoms with Crippen LogP contribution < -0.4 is 5.56 Å². The Morgan fingerprint density at radius 1 is 1.09 bits per heavy atom. The van der Waals surface area contributed by atoms with Crippen molar-refractivity contribution in [2.24, 2.45) is 0 Å². The molecule has 0 atom stereocenters. The molecule has 0 radical (unpaired) electrons. The van der Waals surface area contributed by atoms with Crippen molar-refractivity contribution in [2.75, 3.05) is 0 Å². The summed E-state index contributed by atoms with van der Waals surface area (Å²) in [5.74, 6) is 0. The molecule has 0 amide bonds. The normalized spacial score (nSPS) is 11.4. The zero-order chi connectivity index (χ0) is 16.6. The molecule has 0 bridgehead atoms. The number of halogens is 3. The molecule has 2 heterocycles. The predicted molar refractivity (Wildman–Crippen MR) is 77.1 cm³/mol. The second-order valence-corrected chi connectivity index (χ2v) is 4.75. The largest absolute Gasteiger partial charge is 0.433 e. The molecule has 4 nitrogen and oxygen atoms in total. The number of hydrogen-bond donors (Lipinski definition) is 0. The van der Waals surface area contributed by atoms with Crippen LogP contribution in [0.2, 0.25) is 0 Å². The van der Waals surface area contributed by atoms with Gasteiger partial charge < -0.3 is 0 Å². The van der Waals surface area contributed by atoms with E-state index < -0.39 is 17.4 Å². The van der Waals surface area contributed by atoms with Crippen LogP contribution in [0.25, 0.3) is 16.7 Å². The Labute approximate surface area is 128 Å². The van der Waals surface area contributed by atoms with Gasteiger partial charge in [-0.25, -0.2) is 4.98 Å². The van der Waals surface area contributed by atoms with E-state index in [1.807, 2.05) is 0 Å². The van der Waals surface area contributed by atoms with Crippen molar-refractivity contribution in [3.05, 3.63) is 70.1 Å². The molecule has 0 unspecified atom stereocenters. The fourth-order valence-electron chi connectivity index (χ4n) is 2.24. The third-order valence-corrected chi connectivity index (χ3v) is 3.28. The summed E-state index contributed by atoms with van der Waals surface area (Å²) >= 11 is 0. The molecule has 0 spiro atoms. The Bertz CT molecular complexity index is 986. The third-order valence-electron chi connectivity index (χ3n) is 3.28. The first kappa shape index (κ1) is 14.8. The highest BCUT2D eigenvalue weighted by Gasteiger charge is 2.33. The van der Waals surface area contributed by atoms with Crippen LogP contribution in [-0.2, 0) is 6.18 Å². The molecule has 0 aliphatic carbocycles. The zero-order valence-electron chi connectivity index (χ0n) is 11.5. The van der Waals surface area contributed by atoms with Crippen LogP contribution in [-0.4, -0.2) is 9.55 Å². The molecule has 2 aromatic heterocycles. The van der Waals surface area contributed by atoms with Gasteiger partial charge in [-0.3, -0.25) is 9.36 Å². The minimum absolute atomic E-state index is 0.143. The van der Waals surface area contributed by atoms with Gasteiger partial charge in [0.2, 0.25) is 0 Å². The molecule has 3 aromatic rings. The third kappa shape index (κ3) is 2.55. The lowest BCUT2D eigenvalue weighted by atomic mass is 10.2. The number of nitrogens with zero attached hydrogens (tertiary/aromatic N) is 3. The number of hydrogen-bond acceptors (Lipinski definition) is 3. The molecule has 0 aliphatic heterocycles. The maximum absolute atomic E-state index is 12.9. The average Bonchev–Trinajstić information content (AvgIpc) is 2.53. The fourth-order valence-corrected chi connectivity index (χ4v) is 2.24. The fraction of sp³-hybridized carbons (Fsp3) is 0.0625. The van der Waals surface area contributed by atoms with Crippen molar-refractivity contribution in [1.29, 1.82) is 5.26 Å². The Kier molecular flexibility index (Phi) is 3.37. The molecule has 0 fully saturated rings. The molecule has 3 rings (SSSR count). The second kappa shape index (κ2) is 5.25. The Balaban J connectivity index is 2.45. The Morgan fingerprint density at radius 2 is 1.78 bits per heavy atom. The van der Waals surface area contributed by atoms with Gasteiger partial charge in [-0.15, -0.1) is 0 Å². The van der Waals surface area contributed by atoms with Gasteiger partial charge in [-0.1, -0.05) is 18.2 Å². The number of benzene rings is 1. The van der Waals surface area contributed by atoms with Crippen LogP contribution in [0.3, 0.4) is 0 Å². The molecule has 1 aromatic carbocycles. The topological polar surface area (TPSA) is 58.7 Å². The minimum Gasteiger partial charge on any atom is -0.267 e. The van der Waals surface area contributed by atoms with E-state index in [1.54, 1.807) is 36.4 Å². The summed E-state index contributed by atoms with van der Waals surface area (Å²) < 4.78 is 39.7.